The second kappa shape index (κ2) is 10.2. The molecule has 0 heterocycles. The monoisotopic (exact) mass is 321 g/mol. The molecule has 0 aliphatic heterocycles. The maximum Gasteiger partial charge on any atom is 0.412 e. The number of alkyl halides is 3. The fourth-order valence-corrected chi connectivity index (χ4v) is 2.14. The molecular formula is C11H23F3NO4P. The number of ether oxygens (including phenoxy) is 1. The van der Waals surface area contributed by atoms with Gasteiger partial charge in [-0.25, -0.2) is 5.09 Å². The maximum atomic E-state index is 11.9. The van der Waals surface area contributed by atoms with E-state index < -0.39 is 32.8 Å². The van der Waals surface area contributed by atoms with Crippen LogP contribution in [0.25, 0.3) is 0 Å². The molecule has 5 nitrogen and oxygen atoms in total. The van der Waals surface area contributed by atoms with E-state index in [4.69, 9.17) is 4.74 Å². The Kier molecular flexibility index (Phi) is 11.0. The molecular weight excluding hydrogens is 298 g/mol. The van der Waals surface area contributed by atoms with Gasteiger partial charge < -0.3 is 9.26 Å². The van der Waals surface area contributed by atoms with Crippen molar-refractivity contribution in [3.63, 3.8) is 0 Å². The first-order valence-corrected chi connectivity index (χ1v) is 8.14. The largest absolute Gasteiger partial charge is 0.462 e. The Hall–Kier alpha value is -0.590. The summed E-state index contributed by atoms with van der Waals surface area (Å²) in [7, 11) is -3.66. The molecule has 0 amide bonds. The van der Waals surface area contributed by atoms with Crippen molar-refractivity contribution in [2.75, 3.05) is 19.3 Å². The summed E-state index contributed by atoms with van der Waals surface area (Å²) in [6.07, 6.45) is -5.07. The number of hydrogen-bond donors (Lipinski definition) is 1. The van der Waals surface area contributed by atoms with Crippen molar-refractivity contribution in [1.82, 2.24) is 5.09 Å². The molecule has 20 heavy (non-hydrogen) atoms. The number of rotatable bonds is 7. The fraction of sp³-hybridized carbons (Fsp3) is 0.909. The van der Waals surface area contributed by atoms with Crippen molar-refractivity contribution in [2.24, 2.45) is 0 Å². The van der Waals surface area contributed by atoms with Crippen LogP contribution in [0, 0.1) is 0 Å². The van der Waals surface area contributed by atoms with Crippen molar-refractivity contribution in [3.05, 3.63) is 0 Å². The van der Waals surface area contributed by atoms with Crippen LogP contribution in [0.1, 0.15) is 34.6 Å². The van der Waals surface area contributed by atoms with E-state index in [1.807, 2.05) is 13.8 Å². The molecule has 122 valence electrons. The van der Waals surface area contributed by atoms with E-state index in [1.165, 1.54) is 6.92 Å². The number of esters is 1. The third kappa shape index (κ3) is 12.4. The molecule has 0 spiro atoms. The Balaban J connectivity index is 0. The van der Waals surface area contributed by atoms with Gasteiger partial charge in [-0.05, 0) is 13.8 Å². The van der Waals surface area contributed by atoms with Gasteiger partial charge in [0.05, 0.1) is 6.10 Å². The molecule has 0 saturated carbocycles. The van der Waals surface area contributed by atoms with Crippen molar-refractivity contribution < 1.29 is 31.8 Å². The Labute approximate surface area is 117 Å². The van der Waals surface area contributed by atoms with E-state index in [2.05, 4.69) is 9.61 Å². The van der Waals surface area contributed by atoms with E-state index in [-0.39, 0.29) is 12.3 Å². The molecule has 0 rings (SSSR count). The minimum absolute atomic E-state index is 0.155. The molecule has 0 aliphatic carbocycles. The third-order valence-electron chi connectivity index (χ3n) is 1.68. The molecule has 0 aromatic heterocycles. The lowest BCUT2D eigenvalue weighted by Crippen LogP contribution is -2.27. The number of carbonyl (C=O) groups excluding carboxylic acids is 1. The predicted octanol–water partition coefficient (Wildman–Crippen LogP) is 3.35. The van der Waals surface area contributed by atoms with Crippen LogP contribution in [0.3, 0.4) is 0 Å². The highest BCUT2D eigenvalue weighted by molar-refractivity contribution is 7.56. The number of hydrogen-bond acceptors (Lipinski definition) is 4. The van der Waals surface area contributed by atoms with Gasteiger partial charge in [0.25, 0.3) is 7.52 Å². The lowest BCUT2D eigenvalue weighted by atomic mass is 10.5. The smallest absolute Gasteiger partial charge is 0.412 e. The van der Waals surface area contributed by atoms with Gasteiger partial charge >= 0.3 is 12.1 Å². The van der Waals surface area contributed by atoms with Crippen molar-refractivity contribution in [2.45, 2.75) is 46.9 Å². The average Bonchev–Trinajstić information content (AvgIpc) is 2.35. The fourth-order valence-electron chi connectivity index (χ4n) is 0.916. The summed E-state index contributed by atoms with van der Waals surface area (Å²) >= 11 is 0. The summed E-state index contributed by atoms with van der Waals surface area (Å²) in [5.41, 5.74) is 0. The summed E-state index contributed by atoms with van der Waals surface area (Å²) in [6, 6.07) is 0. The SMILES string of the molecule is CC.CCP(=O)(NCC(=O)OC(C)C)OCC(F)(F)F. The normalized spacial score (nSPS) is 14.2. The summed E-state index contributed by atoms with van der Waals surface area (Å²) in [5.74, 6) is -0.700. The quantitative estimate of drug-likeness (QED) is 0.575. The van der Waals surface area contributed by atoms with Gasteiger partial charge in [0, 0.05) is 6.16 Å². The summed E-state index contributed by atoms with van der Waals surface area (Å²) in [5, 5.41) is 2.18. The van der Waals surface area contributed by atoms with E-state index in [9.17, 15) is 22.5 Å². The lowest BCUT2D eigenvalue weighted by molar-refractivity contribution is -0.153. The molecule has 1 unspecified atom stereocenters. The molecule has 0 aromatic rings. The molecule has 0 aliphatic rings. The first-order chi connectivity index (χ1) is 9.08. The minimum Gasteiger partial charge on any atom is -0.462 e. The predicted molar refractivity (Wildman–Crippen MR) is 70.7 cm³/mol. The van der Waals surface area contributed by atoms with E-state index in [1.54, 1.807) is 13.8 Å². The average molecular weight is 321 g/mol. The molecule has 1 N–H and O–H groups in total. The van der Waals surface area contributed by atoms with Crippen molar-refractivity contribution in [1.29, 1.82) is 0 Å². The standard InChI is InChI=1S/C9H17F3NO4P.C2H6/c1-4-18(15,16-6-9(10,11)12)13-5-8(14)17-7(2)3;1-2/h7H,4-6H2,1-3H3,(H,13,15);1-2H3. The highest BCUT2D eigenvalue weighted by atomic mass is 31.2. The molecule has 0 aromatic carbocycles. The topological polar surface area (TPSA) is 64.6 Å². The summed E-state index contributed by atoms with van der Waals surface area (Å²) in [6.45, 7) is 6.57. The summed E-state index contributed by atoms with van der Waals surface area (Å²) < 4.78 is 56.6. The highest BCUT2D eigenvalue weighted by Crippen LogP contribution is 2.42. The van der Waals surface area contributed by atoms with Gasteiger partial charge in [-0.1, -0.05) is 20.8 Å². The first-order valence-electron chi connectivity index (χ1n) is 6.33. The van der Waals surface area contributed by atoms with Crippen LogP contribution >= 0.6 is 7.52 Å². The molecule has 0 saturated heterocycles. The molecule has 9 heteroatoms. The van der Waals surface area contributed by atoms with Gasteiger partial charge in [-0.2, -0.15) is 13.2 Å². The zero-order valence-corrected chi connectivity index (χ0v) is 13.3. The third-order valence-corrected chi connectivity index (χ3v) is 3.70. The zero-order valence-electron chi connectivity index (χ0n) is 12.4. The first kappa shape index (κ1) is 21.7. The van der Waals surface area contributed by atoms with Gasteiger partial charge in [0.15, 0.2) is 6.61 Å². The van der Waals surface area contributed by atoms with Crippen LogP contribution in [0.2, 0.25) is 0 Å². The second-order valence-corrected chi connectivity index (χ2v) is 6.31. The van der Waals surface area contributed by atoms with Gasteiger partial charge in [0.2, 0.25) is 0 Å². The number of nitrogens with one attached hydrogen (secondary N) is 1. The van der Waals surface area contributed by atoms with Crippen LogP contribution < -0.4 is 5.09 Å². The van der Waals surface area contributed by atoms with Crippen LogP contribution in [0.15, 0.2) is 0 Å². The molecule has 0 radical (unpaired) electrons. The van der Waals surface area contributed by atoms with E-state index in [0.29, 0.717) is 0 Å². The Morgan fingerprint density at radius 3 is 2.15 bits per heavy atom. The maximum absolute atomic E-state index is 11.9. The Morgan fingerprint density at radius 2 is 1.80 bits per heavy atom. The molecule has 1 atom stereocenters. The molecule has 0 bridgehead atoms. The van der Waals surface area contributed by atoms with Gasteiger partial charge in [-0.3, -0.25) is 9.36 Å². The Morgan fingerprint density at radius 1 is 1.30 bits per heavy atom. The van der Waals surface area contributed by atoms with Crippen LogP contribution in [-0.4, -0.2) is 37.6 Å². The zero-order chi connectivity index (χ0) is 16.4. The van der Waals surface area contributed by atoms with Gasteiger partial charge in [-0.15, -0.1) is 0 Å². The second-order valence-electron chi connectivity index (χ2n) is 3.75. The van der Waals surface area contributed by atoms with E-state index >= 15 is 0 Å². The van der Waals surface area contributed by atoms with Crippen molar-refractivity contribution in [3.8, 4) is 0 Å². The highest BCUT2D eigenvalue weighted by Gasteiger charge is 2.33. The van der Waals surface area contributed by atoms with Gasteiger partial charge in [0.1, 0.15) is 6.54 Å². The lowest BCUT2D eigenvalue weighted by Gasteiger charge is -2.19. The minimum atomic E-state index is -4.56. The van der Waals surface area contributed by atoms with Crippen LogP contribution in [0.5, 0.6) is 0 Å². The molecule has 0 fully saturated rings. The van der Waals surface area contributed by atoms with Crippen molar-refractivity contribution >= 4 is 13.5 Å². The number of carbonyl (C=O) groups is 1. The summed E-state index contributed by atoms with van der Waals surface area (Å²) in [4.78, 5) is 11.1. The van der Waals surface area contributed by atoms with E-state index in [0.717, 1.165) is 0 Å². The van der Waals surface area contributed by atoms with Crippen LogP contribution in [0.4, 0.5) is 13.2 Å². The number of halogens is 3. The van der Waals surface area contributed by atoms with Crippen LogP contribution in [-0.2, 0) is 18.6 Å². The Bertz CT molecular complexity index is 321.